The Labute approximate surface area is 160 Å². The van der Waals surface area contributed by atoms with E-state index in [4.69, 9.17) is 23.2 Å². The van der Waals surface area contributed by atoms with Gasteiger partial charge in [0.2, 0.25) is 5.91 Å². The summed E-state index contributed by atoms with van der Waals surface area (Å²) in [6, 6.07) is 5.20. The van der Waals surface area contributed by atoms with Gasteiger partial charge in [0.1, 0.15) is 0 Å². The summed E-state index contributed by atoms with van der Waals surface area (Å²) in [6.07, 6.45) is 2.86. The molecule has 1 aliphatic heterocycles. The van der Waals surface area contributed by atoms with Crippen molar-refractivity contribution in [2.45, 2.75) is 26.2 Å². The largest absolute Gasteiger partial charge is 0.324 e. The molecule has 1 aliphatic rings. The number of likely N-dealkylation sites (tertiary alicyclic amines) is 1. The molecule has 0 spiro atoms. The number of benzene rings is 1. The fourth-order valence-corrected chi connectivity index (χ4v) is 3.33. The van der Waals surface area contributed by atoms with Crippen LogP contribution < -0.4 is 10.6 Å². The maximum absolute atomic E-state index is 12.1. The number of carbonyl (C=O) groups is 1. The number of halogens is 3. The predicted octanol–water partition coefficient (Wildman–Crippen LogP) is 4.07. The Morgan fingerprint density at radius 2 is 1.88 bits per heavy atom. The van der Waals surface area contributed by atoms with Gasteiger partial charge in [-0.15, -0.1) is 12.4 Å². The van der Waals surface area contributed by atoms with E-state index in [1.54, 1.807) is 18.2 Å². The molecule has 2 rings (SSSR count). The third kappa shape index (κ3) is 6.77. The summed E-state index contributed by atoms with van der Waals surface area (Å²) in [5.74, 6) is 0.719. The van der Waals surface area contributed by atoms with Crippen LogP contribution in [-0.4, -0.2) is 43.5 Å². The second-order valence-electron chi connectivity index (χ2n) is 5.99. The molecule has 0 aromatic heterocycles. The zero-order chi connectivity index (χ0) is 16.7. The van der Waals surface area contributed by atoms with E-state index in [9.17, 15) is 4.79 Å². The van der Waals surface area contributed by atoms with Gasteiger partial charge in [0.25, 0.3) is 0 Å². The Hall–Kier alpha value is -0.520. The Bertz CT molecular complexity index is 500. The number of anilines is 1. The van der Waals surface area contributed by atoms with E-state index in [-0.39, 0.29) is 18.3 Å². The van der Waals surface area contributed by atoms with Crippen LogP contribution in [-0.2, 0) is 4.79 Å². The molecular weight excluding hydrogens is 369 g/mol. The van der Waals surface area contributed by atoms with Crippen molar-refractivity contribution < 1.29 is 4.79 Å². The Morgan fingerprint density at radius 3 is 2.46 bits per heavy atom. The molecule has 1 heterocycles. The van der Waals surface area contributed by atoms with Gasteiger partial charge in [-0.05, 0) is 57.1 Å². The molecule has 1 aromatic carbocycles. The van der Waals surface area contributed by atoms with E-state index in [0.717, 1.165) is 38.6 Å². The van der Waals surface area contributed by atoms with Gasteiger partial charge in [0, 0.05) is 13.0 Å². The van der Waals surface area contributed by atoms with Crippen LogP contribution in [0, 0.1) is 5.92 Å². The highest BCUT2D eigenvalue weighted by Gasteiger charge is 2.19. The van der Waals surface area contributed by atoms with Crippen molar-refractivity contribution in [3.63, 3.8) is 0 Å². The third-order valence-corrected chi connectivity index (χ3v) is 4.90. The minimum absolute atomic E-state index is 0. The summed E-state index contributed by atoms with van der Waals surface area (Å²) >= 11 is 12.1. The smallest absolute Gasteiger partial charge is 0.225 e. The van der Waals surface area contributed by atoms with Crippen molar-refractivity contribution in [3.8, 4) is 0 Å². The summed E-state index contributed by atoms with van der Waals surface area (Å²) in [5, 5.41) is 7.16. The van der Waals surface area contributed by atoms with Gasteiger partial charge in [-0.2, -0.15) is 0 Å². The highest BCUT2D eigenvalue weighted by Crippen LogP contribution is 2.29. The highest BCUT2D eigenvalue weighted by atomic mass is 35.5. The van der Waals surface area contributed by atoms with Crippen LogP contribution in [0.4, 0.5) is 5.69 Å². The lowest BCUT2D eigenvalue weighted by Gasteiger charge is -2.31. The van der Waals surface area contributed by atoms with Crippen LogP contribution in [0.15, 0.2) is 18.2 Å². The average Bonchev–Trinajstić information content (AvgIpc) is 2.55. The number of rotatable bonds is 7. The second-order valence-corrected chi connectivity index (χ2v) is 6.80. The molecular formula is C17H26Cl3N3O. The van der Waals surface area contributed by atoms with E-state index in [2.05, 4.69) is 22.5 Å². The molecule has 0 atom stereocenters. The van der Waals surface area contributed by atoms with Crippen LogP contribution in [0.5, 0.6) is 0 Å². The number of amides is 1. The van der Waals surface area contributed by atoms with Crippen molar-refractivity contribution >= 4 is 47.2 Å². The first-order chi connectivity index (χ1) is 11.1. The minimum atomic E-state index is -0.0465. The first-order valence-corrected chi connectivity index (χ1v) is 9.02. The molecule has 7 heteroatoms. The Balaban J connectivity index is 0.00000288. The number of hydrogen-bond donors (Lipinski definition) is 2. The van der Waals surface area contributed by atoms with Gasteiger partial charge in [-0.1, -0.05) is 36.2 Å². The molecule has 0 aliphatic carbocycles. The molecule has 0 bridgehead atoms. The first-order valence-electron chi connectivity index (χ1n) is 8.27. The third-order valence-electron chi connectivity index (χ3n) is 4.27. The lowest BCUT2D eigenvalue weighted by Crippen LogP contribution is -2.38. The monoisotopic (exact) mass is 393 g/mol. The van der Waals surface area contributed by atoms with Crippen LogP contribution in [0.3, 0.4) is 0 Å². The average molecular weight is 395 g/mol. The molecule has 0 radical (unpaired) electrons. The summed E-state index contributed by atoms with van der Waals surface area (Å²) in [6.45, 7) is 7.19. The van der Waals surface area contributed by atoms with Gasteiger partial charge in [-0.25, -0.2) is 0 Å². The summed E-state index contributed by atoms with van der Waals surface area (Å²) in [4.78, 5) is 14.5. The molecule has 136 valence electrons. The highest BCUT2D eigenvalue weighted by molar-refractivity contribution is 6.39. The van der Waals surface area contributed by atoms with Gasteiger partial charge in [-0.3, -0.25) is 4.79 Å². The van der Waals surface area contributed by atoms with Gasteiger partial charge in [0.05, 0.1) is 15.7 Å². The summed E-state index contributed by atoms with van der Waals surface area (Å²) in [7, 11) is 0. The molecule has 24 heavy (non-hydrogen) atoms. The van der Waals surface area contributed by atoms with Crippen molar-refractivity contribution in [2.75, 3.05) is 38.0 Å². The van der Waals surface area contributed by atoms with E-state index in [1.807, 2.05) is 0 Å². The number of nitrogens with one attached hydrogen (secondary N) is 2. The molecule has 0 saturated carbocycles. The zero-order valence-electron chi connectivity index (χ0n) is 14.0. The lowest BCUT2D eigenvalue weighted by molar-refractivity contribution is -0.116. The van der Waals surface area contributed by atoms with Gasteiger partial charge in [0.15, 0.2) is 0 Å². The molecule has 0 unspecified atom stereocenters. The zero-order valence-corrected chi connectivity index (χ0v) is 16.3. The van der Waals surface area contributed by atoms with Gasteiger partial charge < -0.3 is 15.5 Å². The van der Waals surface area contributed by atoms with Crippen molar-refractivity contribution in [2.24, 2.45) is 5.92 Å². The van der Waals surface area contributed by atoms with E-state index >= 15 is 0 Å². The van der Waals surface area contributed by atoms with Crippen molar-refractivity contribution in [1.29, 1.82) is 0 Å². The second kappa shape index (κ2) is 11.2. The number of piperidine rings is 1. The van der Waals surface area contributed by atoms with Crippen LogP contribution >= 0.6 is 35.6 Å². The Morgan fingerprint density at radius 1 is 1.25 bits per heavy atom. The number of para-hydroxylation sites is 1. The summed E-state index contributed by atoms with van der Waals surface area (Å²) in [5.41, 5.74) is 0.505. The number of hydrogen-bond acceptors (Lipinski definition) is 3. The van der Waals surface area contributed by atoms with E-state index in [0.29, 0.717) is 22.2 Å². The standard InChI is InChI=1S/C17H25Cl2N3O.ClH/c1-2-20-12-13-6-9-22(10-7-13)11-8-16(23)21-17-14(18)4-3-5-15(17)19;/h3-5,13,20H,2,6-12H2,1H3,(H,21,23);1H. The van der Waals surface area contributed by atoms with Crippen molar-refractivity contribution in [1.82, 2.24) is 10.2 Å². The normalized spacial score (nSPS) is 15.8. The lowest BCUT2D eigenvalue weighted by atomic mass is 9.96. The molecule has 1 amide bonds. The Kier molecular flexibility index (Phi) is 10.0. The fourth-order valence-electron chi connectivity index (χ4n) is 2.84. The molecule has 4 nitrogen and oxygen atoms in total. The predicted molar refractivity (Wildman–Crippen MR) is 105 cm³/mol. The number of nitrogens with zero attached hydrogens (tertiary/aromatic N) is 1. The topological polar surface area (TPSA) is 44.4 Å². The maximum atomic E-state index is 12.1. The molecule has 1 fully saturated rings. The summed E-state index contributed by atoms with van der Waals surface area (Å²) < 4.78 is 0. The quantitative estimate of drug-likeness (QED) is 0.733. The molecule has 1 aromatic rings. The maximum Gasteiger partial charge on any atom is 0.225 e. The van der Waals surface area contributed by atoms with Crippen LogP contribution in [0.1, 0.15) is 26.2 Å². The minimum Gasteiger partial charge on any atom is -0.324 e. The van der Waals surface area contributed by atoms with Crippen molar-refractivity contribution in [3.05, 3.63) is 28.2 Å². The SMILES string of the molecule is CCNCC1CCN(CCC(=O)Nc2c(Cl)cccc2Cl)CC1.Cl. The molecule has 1 saturated heterocycles. The fraction of sp³-hybridized carbons (Fsp3) is 0.588. The van der Waals surface area contributed by atoms with Crippen LogP contribution in [0.2, 0.25) is 10.0 Å². The van der Waals surface area contributed by atoms with E-state index < -0.39 is 0 Å². The molecule has 2 N–H and O–H groups in total. The van der Waals surface area contributed by atoms with Gasteiger partial charge >= 0.3 is 0 Å². The van der Waals surface area contributed by atoms with E-state index in [1.165, 1.54) is 12.8 Å². The number of carbonyl (C=O) groups excluding carboxylic acids is 1. The first kappa shape index (κ1) is 21.5. The van der Waals surface area contributed by atoms with Crippen LogP contribution in [0.25, 0.3) is 0 Å².